The van der Waals surface area contributed by atoms with E-state index in [0.29, 0.717) is 6.42 Å². The summed E-state index contributed by atoms with van der Waals surface area (Å²) in [6, 6.07) is 8.66. The highest BCUT2D eigenvalue weighted by Crippen LogP contribution is 2.22. The second kappa shape index (κ2) is 6.44. The summed E-state index contributed by atoms with van der Waals surface area (Å²) in [7, 11) is 0. The predicted molar refractivity (Wildman–Crippen MR) is 78.6 cm³/mol. The van der Waals surface area contributed by atoms with Gasteiger partial charge in [-0.3, -0.25) is 4.57 Å². The van der Waals surface area contributed by atoms with Gasteiger partial charge in [0.05, 0.1) is 6.07 Å². The number of hydrogen-bond acceptors (Lipinski definition) is 3. The summed E-state index contributed by atoms with van der Waals surface area (Å²) in [4.78, 5) is 4.39. The minimum atomic E-state index is 0.608. The Kier molecular flexibility index (Phi) is 4.64. The van der Waals surface area contributed by atoms with Crippen molar-refractivity contribution in [3.05, 3.63) is 41.7 Å². The normalized spacial score (nSPS) is 10.4. The van der Waals surface area contributed by atoms with E-state index >= 15 is 0 Å². The van der Waals surface area contributed by atoms with Crippen LogP contribution >= 0.6 is 11.8 Å². The fraction of sp³-hybridized carbons (Fsp3) is 0.333. The molecule has 2 rings (SSSR count). The van der Waals surface area contributed by atoms with Crippen LogP contribution in [0.3, 0.4) is 0 Å². The van der Waals surface area contributed by atoms with Crippen molar-refractivity contribution in [1.82, 2.24) is 9.55 Å². The number of hydrogen-bond donors (Lipinski definition) is 0. The molecule has 1 heterocycles. The van der Waals surface area contributed by atoms with Crippen molar-refractivity contribution in [1.29, 1.82) is 5.26 Å². The third kappa shape index (κ3) is 3.62. The average Bonchev–Trinajstić information content (AvgIpc) is 2.82. The smallest absolute Gasteiger partial charge is 0.172 e. The molecular weight excluding hydrogens is 254 g/mol. The Balaban J connectivity index is 2.17. The lowest BCUT2D eigenvalue weighted by Gasteiger charge is -2.09. The average molecular weight is 271 g/mol. The van der Waals surface area contributed by atoms with Gasteiger partial charge in [0, 0.05) is 30.3 Å². The fourth-order valence-electron chi connectivity index (χ4n) is 2.00. The number of thioether (sulfide) groups is 1. The van der Waals surface area contributed by atoms with Gasteiger partial charge in [-0.25, -0.2) is 4.98 Å². The Bertz CT molecular complexity index is 575. The zero-order valence-electron chi connectivity index (χ0n) is 11.3. The minimum Gasteiger partial charge on any atom is -0.295 e. The number of unbranched alkanes of at least 4 members (excludes halogenated alkanes) is 1. The highest BCUT2D eigenvalue weighted by atomic mass is 32.2. The third-order valence-corrected chi connectivity index (χ3v) is 3.81. The van der Waals surface area contributed by atoms with Crippen LogP contribution in [0.15, 0.2) is 35.7 Å². The zero-order valence-corrected chi connectivity index (χ0v) is 12.1. The minimum absolute atomic E-state index is 0.608. The number of aryl methyl sites for hydroxylation is 2. The summed E-state index contributed by atoms with van der Waals surface area (Å²) < 4.78 is 2.11. The molecule has 0 unspecified atom stereocenters. The van der Waals surface area contributed by atoms with Crippen LogP contribution in [0, 0.1) is 25.2 Å². The number of nitriles is 1. The molecule has 19 heavy (non-hydrogen) atoms. The molecule has 1 aromatic heterocycles. The molecule has 0 aliphatic rings. The van der Waals surface area contributed by atoms with E-state index in [1.807, 2.05) is 12.4 Å². The Morgan fingerprint density at radius 3 is 2.68 bits per heavy atom. The molecule has 0 aliphatic carbocycles. The summed E-state index contributed by atoms with van der Waals surface area (Å²) in [5.41, 5.74) is 3.66. The maximum Gasteiger partial charge on any atom is 0.172 e. The summed E-state index contributed by atoms with van der Waals surface area (Å²) in [6.45, 7) is 4.21. The van der Waals surface area contributed by atoms with E-state index in [9.17, 15) is 0 Å². The highest BCUT2D eigenvalue weighted by Gasteiger charge is 2.06. The van der Waals surface area contributed by atoms with Gasteiger partial charge in [-0.1, -0.05) is 17.8 Å². The van der Waals surface area contributed by atoms with E-state index < -0.39 is 0 Å². The SMILES string of the molecule is Cc1cc(C)cc(-n2ccnc2SCCCC#N)c1. The van der Waals surface area contributed by atoms with Gasteiger partial charge in [-0.15, -0.1) is 0 Å². The van der Waals surface area contributed by atoms with Crippen molar-refractivity contribution >= 4 is 11.8 Å². The summed E-state index contributed by atoms with van der Waals surface area (Å²) in [5.74, 6) is 0.926. The molecule has 0 N–H and O–H groups in total. The molecule has 0 atom stereocenters. The van der Waals surface area contributed by atoms with Crippen LogP contribution < -0.4 is 0 Å². The molecule has 0 amide bonds. The highest BCUT2D eigenvalue weighted by molar-refractivity contribution is 7.99. The Labute approximate surface area is 118 Å². The monoisotopic (exact) mass is 271 g/mol. The number of rotatable bonds is 5. The predicted octanol–water partition coefficient (Wildman–Crippen LogP) is 3.89. The third-order valence-electron chi connectivity index (χ3n) is 2.76. The summed E-state index contributed by atoms with van der Waals surface area (Å²) in [5, 5.41) is 9.53. The lowest BCUT2D eigenvalue weighted by atomic mass is 10.1. The van der Waals surface area contributed by atoms with Crippen molar-refractivity contribution in [2.45, 2.75) is 31.8 Å². The first kappa shape index (κ1) is 13.7. The van der Waals surface area contributed by atoms with Crippen molar-refractivity contribution in [2.75, 3.05) is 5.75 Å². The van der Waals surface area contributed by atoms with Gasteiger partial charge in [-0.05, 0) is 43.5 Å². The largest absolute Gasteiger partial charge is 0.295 e. The van der Waals surface area contributed by atoms with Crippen LogP contribution in [0.4, 0.5) is 0 Å². The van der Waals surface area contributed by atoms with E-state index in [0.717, 1.165) is 23.0 Å². The Morgan fingerprint density at radius 1 is 1.26 bits per heavy atom. The standard InChI is InChI=1S/C15H17N3S/c1-12-9-13(2)11-14(10-12)18-7-6-17-15(18)19-8-4-3-5-16/h6-7,9-11H,3-4,8H2,1-2H3. The topological polar surface area (TPSA) is 41.6 Å². The molecule has 0 radical (unpaired) electrons. The van der Waals surface area contributed by atoms with Crippen molar-refractivity contribution in [2.24, 2.45) is 0 Å². The first-order chi connectivity index (χ1) is 9.20. The molecule has 2 aromatic rings. The number of nitrogens with zero attached hydrogens (tertiary/aromatic N) is 3. The van der Waals surface area contributed by atoms with Gasteiger partial charge in [0.2, 0.25) is 0 Å². The van der Waals surface area contributed by atoms with E-state index in [4.69, 9.17) is 5.26 Å². The first-order valence-electron chi connectivity index (χ1n) is 6.32. The van der Waals surface area contributed by atoms with Gasteiger partial charge in [0.25, 0.3) is 0 Å². The second-order valence-electron chi connectivity index (χ2n) is 4.54. The van der Waals surface area contributed by atoms with Crippen molar-refractivity contribution in [3.63, 3.8) is 0 Å². The molecule has 3 nitrogen and oxygen atoms in total. The number of benzene rings is 1. The van der Waals surface area contributed by atoms with Crippen LogP contribution in [0.1, 0.15) is 24.0 Å². The van der Waals surface area contributed by atoms with Crippen LogP contribution in [-0.2, 0) is 0 Å². The summed E-state index contributed by atoms with van der Waals surface area (Å²) >= 11 is 1.70. The molecule has 4 heteroatoms. The van der Waals surface area contributed by atoms with Crippen LogP contribution in [0.25, 0.3) is 5.69 Å². The van der Waals surface area contributed by atoms with Gasteiger partial charge in [-0.2, -0.15) is 5.26 Å². The fourth-order valence-corrected chi connectivity index (χ4v) is 2.91. The molecule has 0 aliphatic heterocycles. The lowest BCUT2D eigenvalue weighted by molar-refractivity contribution is 0.886. The molecule has 0 saturated carbocycles. The first-order valence-corrected chi connectivity index (χ1v) is 7.31. The maximum atomic E-state index is 8.54. The molecule has 0 fully saturated rings. The van der Waals surface area contributed by atoms with Crippen LogP contribution in [0.2, 0.25) is 0 Å². The second-order valence-corrected chi connectivity index (χ2v) is 5.60. The van der Waals surface area contributed by atoms with Crippen molar-refractivity contribution < 1.29 is 0 Å². The van der Waals surface area contributed by atoms with Crippen LogP contribution in [0.5, 0.6) is 0 Å². The van der Waals surface area contributed by atoms with Gasteiger partial charge in [0.1, 0.15) is 0 Å². The molecule has 1 aromatic carbocycles. The Hall–Kier alpha value is -1.73. The van der Waals surface area contributed by atoms with Crippen LogP contribution in [-0.4, -0.2) is 15.3 Å². The van der Waals surface area contributed by atoms with Gasteiger partial charge < -0.3 is 0 Å². The van der Waals surface area contributed by atoms with Crippen molar-refractivity contribution in [3.8, 4) is 11.8 Å². The van der Waals surface area contributed by atoms with E-state index in [1.165, 1.54) is 11.1 Å². The van der Waals surface area contributed by atoms with E-state index in [2.05, 4.69) is 47.7 Å². The maximum absolute atomic E-state index is 8.54. The molecule has 98 valence electrons. The van der Waals surface area contributed by atoms with Gasteiger partial charge >= 0.3 is 0 Å². The molecule has 0 bridgehead atoms. The quantitative estimate of drug-likeness (QED) is 0.612. The summed E-state index contributed by atoms with van der Waals surface area (Å²) in [6.07, 6.45) is 5.32. The molecule has 0 saturated heterocycles. The lowest BCUT2D eigenvalue weighted by Crippen LogP contribution is -1.97. The number of imidazole rings is 1. The zero-order chi connectivity index (χ0) is 13.7. The number of aromatic nitrogens is 2. The molecular formula is C15H17N3S. The van der Waals surface area contributed by atoms with E-state index in [-0.39, 0.29) is 0 Å². The van der Waals surface area contributed by atoms with E-state index in [1.54, 1.807) is 11.8 Å². The van der Waals surface area contributed by atoms with Gasteiger partial charge in [0.15, 0.2) is 5.16 Å². The molecule has 0 spiro atoms. The Morgan fingerprint density at radius 2 is 2.00 bits per heavy atom.